The first kappa shape index (κ1) is 19.7. The molecule has 2 rings (SSSR count). The Balaban J connectivity index is 0.00000264. The fourth-order valence-electron chi connectivity index (χ4n) is 2.53. The second kappa shape index (κ2) is 10.5. The third-order valence-corrected chi connectivity index (χ3v) is 3.80. The number of rotatable bonds is 6. The lowest BCUT2D eigenvalue weighted by Crippen LogP contribution is -2.43. The highest BCUT2D eigenvalue weighted by Gasteiger charge is 2.11. The van der Waals surface area contributed by atoms with Gasteiger partial charge in [-0.25, -0.2) is 4.39 Å². The van der Waals surface area contributed by atoms with Crippen LogP contribution >= 0.6 is 24.0 Å². The number of nitrogens with zero attached hydrogens (tertiary/aromatic N) is 2. The van der Waals surface area contributed by atoms with Gasteiger partial charge in [0.1, 0.15) is 5.82 Å². The summed E-state index contributed by atoms with van der Waals surface area (Å²) in [5.74, 6) is 0.659. The van der Waals surface area contributed by atoms with Crippen molar-refractivity contribution in [3.63, 3.8) is 0 Å². The Morgan fingerprint density at radius 3 is 2.65 bits per heavy atom. The predicted molar refractivity (Wildman–Crippen MR) is 106 cm³/mol. The zero-order valence-electron chi connectivity index (χ0n) is 13.8. The summed E-state index contributed by atoms with van der Waals surface area (Å²) in [5.41, 5.74) is 0.641. The van der Waals surface area contributed by atoms with Crippen LogP contribution < -0.4 is 15.5 Å². The van der Waals surface area contributed by atoms with Crippen LogP contribution in [0.25, 0.3) is 0 Å². The summed E-state index contributed by atoms with van der Waals surface area (Å²) in [6.45, 7) is 1.59. The maximum atomic E-state index is 13.7. The lowest BCUT2D eigenvalue weighted by atomic mass is 10.2. The Bertz CT molecular complexity index is 525. The largest absolute Gasteiger partial charge is 0.372 e. The molecule has 6 heteroatoms. The van der Waals surface area contributed by atoms with Crippen molar-refractivity contribution in [2.24, 2.45) is 4.99 Å². The molecule has 0 atom stereocenters. The molecule has 0 aliphatic heterocycles. The molecule has 0 fully saturated rings. The van der Waals surface area contributed by atoms with Crippen molar-refractivity contribution in [1.82, 2.24) is 10.6 Å². The SMILES string of the molecule is CN=C(NCCCN(C)c1ccccc1F)NC1CC=CC1.I. The van der Waals surface area contributed by atoms with E-state index in [0.717, 1.165) is 38.3 Å². The minimum atomic E-state index is -0.177. The lowest BCUT2D eigenvalue weighted by Gasteiger charge is -2.21. The number of benzene rings is 1. The van der Waals surface area contributed by atoms with Crippen LogP contribution in [-0.2, 0) is 0 Å². The first-order valence-electron chi connectivity index (χ1n) is 7.78. The van der Waals surface area contributed by atoms with Crippen molar-refractivity contribution in [1.29, 1.82) is 0 Å². The highest BCUT2D eigenvalue weighted by molar-refractivity contribution is 14.0. The number of halogens is 2. The van der Waals surface area contributed by atoms with Gasteiger partial charge in [0.2, 0.25) is 0 Å². The van der Waals surface area contributed by atoms with Gasteiger partial charge in [-0.2, -0.15) is 0 Å². The smallest absolute Gasteiger partial charge is 0.191 e. The Kier molecular flexibility index (Phi) is 8.98. The van der Waals surface area contributed by atoms with Crippen LogP contribution in [0.2, 0.25) is 0 Å². The quantitative estimate of drug-likeness (QED) is 0.239. The fraction of sp³-hybridized carbons (Fsp3) is 0.471. The monoisotopic (exact) mass is 432 g/mol. The van der Waals surface area contributed by atoms with Crippen molar-refractivity contribution in [3.8, 4) is 0 Å². The van der Waals surface area contributed by atoms with Crippen molar-refractivity contribution in [2.45, 2.75) is 25.3 Å². The second-order valence-corrected chi connectivity index (χ2v) is 5.51. The molecule has 0 saturated carbocycles. The van der Waals surface area contributed by atoms with Gasteiger partial charge < -0.3 is 15.5 Å². The Morgan fingerprint density at radius 2 is 2.00 bits per heavy atom. The Labute approximate surface area is 155 Å². The van der Waals surface area contributed by atoms with E-state index in [-0.39, 0.29) is 29.8 Å². The van der Waals surface area contributed by atoms with Crippen molar-refractivity contribution in [3.05, 3.63) is 42.2 Å². The molecule has 0 unspecified atom stereocenters. The third kappa shape index (κ3) is 6.37. The number of hydrogen-bond acceptors (Lipinski definition) is 2. The molecule has 0 heterocycles. The molecule has 0 radical (unpaired) electrons. The first-order chi connectivity index (χ1) is 10.7. The van der Waals surface area contributed by atoms with Crippen LogP contribution in [0.1, 0.15) is 19.3 Å². The lowest BCUT2D eigenvalue weighted by molar-refractivity contribution is 0.615. The zero-order chi connectivity index (χ0) is 15.8. The van der Waals surface area contributed by atoms with E-state index in [4.69, 9.17) is 0 Å². The first-order valence-corrected chi connectivity index (χ1v) is 7.78. The van der Waals surface area contributed by atoms with E-state index in [2.05, 4.69) is 27.8 Å². The van der Waals surface area contributed by atoms with Gasteiger partial charge in [-0.3, -0.25) is 4.99 Å². The Hall–Kier alpha value is -1.31. The van der Waals surface area contributed by atoms with Crippen LogP contribution in [0.4, 0.5) is 10.1 Å². The normalized spacial score (nSPS) is 14.5. The summed E-state index contributed by atoms with van der Waals surface area (Å²) >= 11 is 0. The topological polar surface area (TPSA) is 39.7 Å². The molecule has 0 saturated heterocycles. The number of aliphatic imine (C=N–C) groups is 1. The standard InChI is InChI=1S/C17H25FN4.HI/c1-19-17(21-14-8-3-4-9-14)20-12-7-13-22(2)16-11-6-5-10-15(16)18;/h3-6,10-11,14H,7-9,12-13H2,1-2H3,(H2,19,20,21);1H. The van der Waals surface area contributed by atoms with Crippen LogP contribution in [0, 0.1) is 5.82 Å². The highest BCUT2D eigenvalue weighted by atomic mass is 127. The molecule has 1 aromatic rings. The van der Waals surface area contributed by atoms with Gasteiger partial charge in [0, 0.05) is 33.2 Å². The fourth-order valence-corrected chi connectivity index (χ4v) is 2.53. The van der Waals surface area contributed by atoms with E-state index < -0.39 is 0 Å². The van der Waals surface area contributed by atoms with Crippen LogP contribution in [0.15, 0.2) is 41.4 Å². The van der Waals surface area contributed by atoms with E-state index in [1.54, 1.807) is 19.2 Å². The molecule has 4 nitrogen and oxygen atoms in total. The number of nitrogens with one attached hydrogen (secondary N) is 2. The molecular weight excluding hydrogens is 406 g/mol. The molecule has 0 aromatic heterocycles. The molecule has 1 aliphatic carbocycles. The third-order valence-electron chi connectivity index (χ3n) is 3.80. The number of guanidine groups is 1. The summed E-state index contributed by atoms with van der Waals surface area (Å²) in [7, 11) is 3.69. The van der Waals surface area contributed by atoms with Crippen LogP contribution in [0.3, 0.4) is 0 Å². The highest BCUT2D eigenvalue weighted by Crippen LogP contribution is 2.16. The average molecular weight is 432 g/mol. The number of para-hydroxylation sites is 1. The van der Waals surface area contributed by atoms with E-state index in [1.807, 2.05) is 18.0 Å². The van der Waals surface area contributed by atoms with Crippen LogP contribution in [-0.4, -0.2) is 39.2 Å². The van der Waals surface area contributed by atoms with Gasteiger partial charge in [0.05, 0.1) is 5.69 Å². The van der Waals surface area contributed by atoms with E-state index in [0.29, 0.717) is 11.7 Å². The molecule has 0 bridgehead atoms. The van der Waals surface area contributed by atoms with E-state index in [1.165, 1.54) is 6.07 Å². The number of hydrogen-bond donors (Lipinski definition) is 2. The van der Waals surface area contributed by atoms with Gasteiger partial charge in [-0.15, -0.1) is 24.0 Å². The minimum Gasteiger partial charge on any atom is -0.372 e. The van der Waals surface area contributed by atoms with Gasteiger partial charge in [0.15, 0.2) is 5.96 Å². The molecule has 23 heavy (non-hydrogen) atoms. The van der Waals surface area contributed by atoms with Gasteiger partial charge in [-0.1, -0.05) is 24.3 Å². The predicted octanol–water partition coefficient (Wildman–Crippen LogP) is 3.15. The molecule has 0 amide bonds. The number of anilines is 1. The second-order valence-electron chi connectivity index (χ2n) is 5.51. The van der Waals surface area contributed by atoms with Crippen molar-refractivity contribution >= 4 is 35.6 Å². The summed E-state index contributed by atoms with van der Waals surface area (Å²) in [5, 5.41) is 6.71. The van der Waals surface area contributed by atoms with Crippen LogP contribution in [0.5, 0.6) is 0 Å². The maximum absolute atomic E-state index is 13.7. The summed E-state index contributed by atoms with van der Waals surface area (Å²) < 4.78 is 13.7. The van der Waals surface area contributed by atoms with Gasteiger partial charge in [0.25, 0.3) is 0 Å². The molecule has 0 spiro atoms. The molecule has 1 aliphatic rings. The van der Waals surface area contributed by atoms with Crippen molar-refractivity contribution in [2.75, 3.05) is 32.1 Å². The molecule has 1 aromatic carbocycles. The molecule has 128 valence electrons. The minimum absolute atomic E-state index is 0. The summed E-state index contributed by atoms with van der Waals surface area (Å²) in [4.78, 5) is 6.17. The molecule has 2 N–H and O–H groups in total. The Morgan fingerprint density at radius 1 is 1.30 bits per heavy atom. The molecular formula is C17H26FIN4. The van der Waals surface area contributed by atoms with Gasteiger partial charge >= 0.3 is 0 Å². The summed E-state index contributed by atoms with van der Waals surface area (Å²) in [6.07, 6.45) is 7.39. The van der Waals surface area contributed by atoms with E-state index in [9.17, 15) is 4.39 Å². The van der Waals surface area contributed by atoms with E-state index >= 15 is 0 Å². The zero-order valence-corrected chi connectivity index (χ0v) is 16.1. The summed E-state index contributed by atoms with van der Waals surface area (Å²) in [6, 6.07) is 7.31. The maximum Gasteiger partial charge on any atom is 0.191 e. The van der Waals surface area contributed by atoms with Crippen molar-refractivity contribution < 1.29 is 4.39 Å². The van der Waals surface area contributed by atoms with Gasteiger partial charge in [-0.05, 0) is 31.4 Å². The average Bonchev–Trinajstić information content (AvgIpc) is 3.03.